The van der Waals surface area contributed by atoms with Gasteiger partial charge >= 0.3 is 0 Å². The zero-order valence-electron chi connectivity index (χ0n) is 10.2. The summed E-state index contributed by atoms with van der Waals surface area (Å²) in [7, 11) is 0. The number of aliphatic hydroxyl groups is 1. The van der Waals surface area contributed by atoms with Crippen LogP contribution in [0, 0.1) is 11.3 Å². The van der Waals surface area contributed by atoms with Crippen LogP contribution in [0.2, 0.25) is 0 Å². The van der Waals surface area contributed by atoms with Crippen molar-refractivity contribution in [3.8, 4) is 0 Å². The molecule has 3 atom stereocenters. The number of aliphatic hydroxyl groups excluding tert-OH is 1. The van der Waals surface area contributed by atoms with E-state index in [0.717, 1.165) is 12.8 Å². The van der Waals surface area contributed by atoms with Crippen LogP contribution in [0.1, 0.15) is 47.0 Å². The van der Waals surface area contributed by atoms with Gasteiger partial charge in [-0.05, 0) is 37.2 Å². The summed E-state index contributed by atoms with van der Waals surface area (Å²) in [4.78, 5) is 11.4. The molecular weight excluding hydrogens is 188 g/mol. The van der Waals surface area contributed by atoms with E-state index in [-0.39, 0.29) is 23.2 Å². The Morgan fingerprint density at radius 1 is 1.53 bits per heavy atom. The summed E-state index contributed by atoms with van der Waals surface area (Å²) >= 11 is 0. The van der Waals surface area contributed by atoms with Crippen molar-refractivity contribution < 1.29 is 9.90 Å². The van der Waals surface area contributed by atoms with Crippen LogP contribution in [0.4, 0.5) is 0 Å². The number of ketones is 1. The normalized spacial score (nSPS) is 31.0. The second kappa shape index (κ2) is 4.48. The van der Waals surface area contributed by atoms with Crippen molar-refractivity contribution in [2.75, 3.05) is 0 Å². The Balaban J connectivity index is 3.01. The number of hydrogen-bond donors (Lipinski definition) is 1. The fraction of sp³-hybridized carbons (Fsp3) is 0.769. The van der Waals surface area contributed by atoms with Gasteiger partial charge in [0.25, 0.3) is 0 Å². The topological polar surface area (TPSA) is 37.3 Å². The van der Waals surface area contributed by atoms with Gasteiger partial charge in [0.2, 0.25) is 0 Å². The minimum atomic E-state index is -0.321. The van der Waals surface area contributed by atoms with Gasteiger partial charge in [-0.15, -0.1) is 0 Å². The largest absolute Gasteiger partial charge is 0.393 e. The third-order valence-corrected chi connectivity index (χ3v) is 4.07. The first-order valence-corrected chi connectivity index (χ1v) is 5.83. The molecule has 0 amide bonds. The lowest BCUT2D eigenvalue weighted by Crippen LogP contribution is -2.37. The molecule has 2 heteroatoms. The number of carbonyl (C=O) groups excluding carboxylic acids is 1. The van der Waals surface area contributed by atoms with Gasteiger partial charge in [0.1, 0.15) is 0 Å². The van der Waals surface area contributed by atoms with Crippen molar-refractivity contribution in [1.82, 2.24) is 0 Å². The molecule has 0 bridgehead atoms. The van der Waals surface area contributed by atoms with E-state index >= 15 is 0 Å². The smallest absolute Gasteiger partial charge is 0.155 e. The molecule has 0 aromatic carbocycles. The molecule has 1 rings (SSSR count). The molecule has 86 valence electrons. The van der Waals surface area contributed by atoms with Crippen LogP contribution in [0.15, 0.2) is 11.6 Å². The predicted molar refractivity (Wildman–Crippen MR) is 61.6 cm³/mol. The summed E-state index contributed by atoms with van der Waals surface area (Å²) in [5.41, 5.74) is 1.20. The third kappa shape index (κ3) is 2.31. The Kier molecular flexibility index (Phi) is 3.72. The fourth-order valence-electron chi connectivity index (χ4n) is 2.53. The van der Waals surface area contributed by atoms with Crippen molar-refractivity contribution in [1.29, 1.82) is 0 Å². The van der Waals surface area contributed by atoms with E-state index in [1.165, 1.54) is 5.57 Å². The van der Waals surface area contributed by atoms with E-state index in [4.69, 9.17) is 0 Å². The summed E-state index contributed by atoms with van der Waals surface area (Å²) in [6, 6.07) is 0. The highest BCUT2D eigenvalue weighted by molar-refractivity contribution is 5.91. The van der Waals surface area contributed by atoms with Gasteiger partial charge in [-0.2, -0.15) is 0 Å². The van der Waals surface area contributed by atoms with Gasteiger partial charge in [0, 0.05) is 6.42 Å². The van der Waals surface area contributed by atoms with Crippen LogP contribution in [0.5, 0.6) is 0 Å². The Morgan fingerprint density at radius 3 is 2.60 bits per heavy atom. The molecule has 1 aliphatic rings. The minimum Gasteiger partial charge on any atom is -0.393 e. The molecular formula is C13H22O2. The first kappa shape index (κ1) is 12.4. The lowest BCUT2D eigenvalue weighted by atomic mass is 9.64. The Hall–Kier alpha value is -0.630. The maximum Gasteiger partial charge on any atom is 0.155 e. The summed E-state index contributed by atoms with van der Waals surface area (Å²) < 4.78 is 0. The molecule has 1 N–H and O–H groups in total. The summed E-state index contributed by atoms with van der Waals surface area (Å²) in [5.74, 6) is 0.443. The van der Waals surface area contributed by atoms with Crippen molar-refractivity contribution in [3.63, 3.8) is 0 Å². The van der Waals surface area contributed by atoms with Crippen molar-refractivity contribution in [3.05, 3.63) is 11.6 Å². The molecule has 0 fully saturated rings. The van der Waals surface area contributed by atoms with E-state index < -0.39 is 0 Å². The molecule has 0 saturated carbocycles. The van der Waals surface area contributed by atoms with Gasteiger partial charge in [-0.1, -0.05) is 26.3 Å². The highest BCUT2D eigenvalue weighted by Gasteiger charge is 2.38. The minimum absolute atomic E-state index is 0.00315. The highest BCUT2D eigenvalue weighted by atomic mass is 16.3. The average molecular weight is 210 g/mol. The van der Waals surface area contributed by atoms with Gasteiger partial charge in [-0.3, -0.25) is 4.79 Å². The summed E-state index contributed by atoms with van der Waals surface area (Å²) in [5, 5.41) is 9.71. The molecule has 0 spiro atoms. The maximum atomic E-state index is 11.4. The second-order valence-corrected chi connectivity index (χ2v) is 4.94. The molecule has 15 heavy (non-hydrogen) atoms. The average Bonchev–Trinajstić information content (AvgIpc) is 2.20. The molecule has 0 radical (unpaired) electrons. The van der Waals surface area contributed by atoms with Crippen LogP contribution >= 0.6 is 0 Å². The van der Waals surface area contributed by atoms with Gasteiger partial charge < -0.3 is 5.11 Å². The van der Waals surface area contributed by atoms with Crippen molar-refractivity contribution in [2.24, 2.45) is 11.3 Å². The standard InChI is InChI=1S/C13H22O2/c1-5-11-8-12(15)6-7-13(11,4)9(2)10(3)14/h8-10,14H,5-7H2,1-4H3. The van der Waals surface area contributed by atoms with Crippen molar-refractivity contribution in [2.45, 2.75) is 53.1 Å². The first-order valence-electron chi connectivity index (χ1n) is 5.83. The van der Waals surface area contributed by atoms with E-state index in [9.17, 15) is 9.90 Å². The van der Waals surface area contributed by atoms with Crippen LogP contribution in [0.3, 0.4) is 0 Å². The SMILES string of the molecule is CCC1=CC(=O)CCC1(C)C(C)C(C)O. The molecule has 0 heterocycles. The van der Waals surface area contributed by atoms with Gasteiger partial charge in [-0.25, -0.2) is 0 Å². The van der Waals surface area contributed by atoms with Crippen LogP contribution in [0.25, 0.3) is 0 Å². The molecule has 2 nitrogen and oxygen atoms in total. The monoisotopic (exact) mass is 210 g/mol. The number of rotatable bonds is 3. The van der Waals surface area contributed by atoms with E-state index in [2.05, 4.69) is 20.8 Å². The molecule has 0 aromatic heterocycles. The zero-order valence-corrected chi connectivity index (χ0v) is 10.2. The number of carbonyl (C=O) groups is 1. The lowest BCUT2D eigenvalue weighted by molar-refractivity contribution is -0.116. The first-order chi connectivity index (χ1) is 6.91. The summed E-state index contributed by atoms with van der Waals surface area (Å²) in [6.45, 7) is 8.16. The Bertz CT molecular complexity index is 278. The fourth-order valence-corrected chi connectivity index (χ4v) is 2.53. The van der Waals surface area contributed by atoms with E-state index in [1.54, 1.807) is 6.08 Å². The Labute approximate surface area is 92.4 Å². The maximum absolute atomic E-state index is 11.4. The van der Waals surface area contributed by atoms with Gasteiger partial charge in [0.05, 0.1) is 6.10 Å². The molecule has 0 aliphatic heterocycles. The van der Waals surface area contributed by atoms with E-state index in [1.807, 2.05) is 6.92 Å². The predicted octanol–water partition coefficient (Wildman–Crippen LogP) is 2.71. The molecule has 3 unspecified atom stereocenters. The van der Waals surface area contributed by atoms with Gasteiger partial charge in [0.15, 0.2) is 5.78 Å². The summed E-state index contributed by atoms with van der Waals surface area (Å²) in [6.07, 6.45) is 3.87. The molecule has 1 aliphatic carbocycles. The quantitative estimate of drug-likeness (QED) is 0.777. The lowest BCUT2D eigenvalue weighted by Gasteiger charge is -2.41. The van der Waals surface area contributed by atoms with Crippen LogP contribution in [-0.4, -0.2) is 17.0 Å². The number of hydrogen-bond acceptors (Lipinski definition) is 2. The molecule has 0 aromatic rings. The zero-order chi connectivity index (χ0) is 11.6. The van der Waals surface area contributed by atoms with Crippen LogP contribution < -0.4 is 0 Å². The molecule has 0 saturated heterocycles. The number of allylic oxidation sites excluding steroid dienone is 2. The Morgan fingerprint density at radius 2 is 2.13 bits per heavy atom. The van der Waals surface area contributed by atoms with E-state index in [0.29, 0.717) is 6.42 Å². The van der Waals surface area contributed by atoms with Crippen molar-refractivity contribution >= 4 is 5.78 Å². The highest BCUT2D eigenvalue weighted by Crippen LogP contribution is 2.45. The van der Waals surface area contributed by atoms with Crippen LogP contribution in [-0.2, 0) is 4.79 Å². The third-order valence-electron chi connectivity index (χ3n) is 4.07. The second-order valence-electron chi connectivity index (χ2n) is 4.94.